The summed E-state index contributed by atoms with van der Waals surface area (Å²) in [6.45, 7) is 3.96. The second-order valence-corrected chi connectivity index (χ2v) is 5.08. The van der Waals surface area contributed by atoms with Gasteiger partial charge in [0.2, 0.25) is 0 Å². The number of halogens is 3. The summed E-state index contributed by atoms with van der Waals surface area (Å²) in [4.78, 5) is 0. The molecule has 0 radical (unpaired) electrons. The summed E-state index contributed by atoms with van der Waals surface area (Å²) in [5.41, 5.74) is 2.16. The lowest BCUT2D eigenvalue weighted by Crippen LogP contribution is -2.09. The molecule has 1 N–H and O–H groups in total. The maximum absolute atomic E-state index is 13.6. The molecule has 1 atom stereocenters. The lowest BCUT2D eigenvalue weighted by Gasteiger charge is -2.17. The van der Waals surface area contributed by atoms with E-state index in [1.807, 2.05) is 31.2 Å². The zero-order valence-corrected chi connectivity index (χ0v) is 12.1. The van der Waals surface area contributed by atoms with E-state index < -0.39 is 17.5 Å². The first-order valence-corrected chi connectivity index (χ1v) is 7.01. The Balaban J connectivity index is 2.14. The number of aryl methyl sites for hydroxylation is 1. The Labute approximate surface area is 122 Å². The lowest BCUT2D eigenvalue weighted by atomic mass is 10.0. The summed E-state index contributed by atoms with van der Waals surface area (Å²) in [5, 5.41) is 2.86. The van der Waals surface area contributed by atoms with E-state index in [1.54, 1.807) is 0 Å². The van der Waals surface area contributed by atoms with Gasteiger partial charge in [-0.3, -0.25) is 0 Å². The molecule has 1 unspecified atom stereocenters. The average Bonchev–Trinajstić information content (AvgIpc) is 2.49. The highest BCUT2D eigenvalue weighted by molar-refractivity contribution is 5.47. The summed E-state index contributed by atoms with van der Waals surface area (Å²) in [7, 11) is 0. The Kier molecular flexibility index (Phi) is 4.89. The summed E-state index contributed by atoms with van der Waals surface area (Å²) < 4.78 is 39.7. The minimum absolute atomic E-state index is 0.0426. The van der Waals surface area contributed by atoms with Crippen molar-refractivity contribution in [2.45, 2.75) is 32.7 Å². The van der Waals surface area contributed by atoms with Crippen molar-refractivity contribution in [2.24, 2.45) is 0 Å². The second kappa shape index (κ2) is 6.66. The molecule has 0 aliphatic carbocycles. The van der Waals surface area contributed by atoms with Gasteiger partial charge in [0.15, 0.2) is 17.5 Å². The molecule has 0 heterocycles. The van der Waals surface area contributed by atoms with Crippen LogP contribution < -0.4 is 5.32 Å². The molecule has 0 saturated carbocycles. The normalized spacial score (nSPS) is 12.2. The van der Waals surface area contributed by atoms with E-state index in [2.05, 4.69) is 12.2 Å². The Morgan fingerprint density at radius 3 is 2.24 bits per heavy atom. The van der Waals surface area contributed by atoms with Crippen molar-refractivity contribution in [3.05, 3.63) is 65.0 Å². The van der Waals surface area contributed by atoms with Crippen LogP contribution in [0.3, 0.4) is 0 Å². The van der Waals surface area contributed by atoms with Gasteiger partial charge in [-0.25, -0.2) is 13.2 Å². The summed E-state index contributed by atoms with van der Waals surface area (Å²) in [5.74, 6) is -3.83. The fourth-order valence-corrected chi connectivity index (χ4v) is 2.22. The smallest absolute Gasteiger partial charge is 0.196 e. The highest BCUT2D eigenvalue weighted by Gasteiger charge is 2.15. The molecule has 2 aromatic rings. The van der Waals surface area contributed by atoms with Crippen molar-refractivity contribution in [2.75, 3.05) is 5.32 Å². The molecule has 0 saturated heterocycles. The van der Waals surface area contributed by atoms with E-state index in [0.29, 0.717) is 0 Å². The van der Waals surface area contributed by atoms with E-state index in [4.69, 9.17) is 0 Å². The first kappa shape index (κ1) is 15.4. The first-order valence-electron chi connectivity index (χ1n) is 7.01. The van der Waals surface area contributed by atoms with Gasteiger partial charge < -0.3 is 5.32 Å². The molecule has 0 aromatic heterocycles. The molecule has 4 heteroatoms. The van der Waals surface area contributed by atoms with Crippen LogP contribution in [-0.4, -0.2) is 0 Å². The molecule has 1 nitrogen and oxygen atoms in total. The summed E-state index contributed by atoms with van der Waals surface area (Å²) >= 11 is 0. The fourth-order valence-electron chi connectivity index (χ4n) is 2.22. The van der Waals surface area contributed by atoms with E-state index in [1.165, 1.54) is 11.6 Å². The third kappa shape index (κ3) is 3.57. The van der Waals surface area contributed by atoms with Gasteiger partial charge in [0.25, 0.3) is 0 Å². The Hall–Kier alpha value is -1.97. The van der Waals surface area contributed by atoms with Gasteiger partial charge >= 0.3 is 0 Å². The van der Waals surface area contributed by atoms with Gasteiger partial charge in [-0.2, -0.15) is 0 Å². The molecule has 0 aliphatic heterocycles. The molecule has 0 amide bonds. The van der Waals surface area contributed by atoms with Crippen molar-refractivity contribution in [3.8, 4) is 0 Å². The molecule has 2 rings (SSSR count). The topological polar surface area (TPSA) is 12.0 Å². The van der Waals surface area contributed by atoms with Crippen molar-refractivity contribution in [1.29, 1.82) is 0 Å². The van der Waals surface area contributed by atoms with Gasteiger partial charge in [0, 0.05) is 6.04 Å². The van der Waals surface area contributed by atoms with Gasteiger partial charge in [-0.1, -0.05) is 37.6 Å². The monoisotopic (exact) mass is 293 g/mol. The van der Waals surface area contributed by atoms with Crippen molar-refractivity contribution in [1.82, 2.24) is 0 Å². The lowest BCUT2D eigenvalue weighted by molar-refractivity contribution is 0.448. The fraction of sp³-hybridized carbons (Fsp3) is 0.294. The van der Waals surface area contributed by atoms with Crippen LogP contribution in [0.25, 0.3) is 0 Å². The van der Waals surface area contributed by atoms with Crippen LogP contribution in [0.1, 0.15) is 37.4 Å². The van der Waals surface area contributed by atoms with Gasteiger partial charge in [-0.05, 0) is 36.6 Å². The quantitative estimate of drug-likeness (QED) is 0.744. The SMILES string of the molecule is CCCc1ccc(C(C)Nc2ccc(F)c(F)c2F)cc1. The van der Waals surface area contributed by atoms with E-state index in [0.717, 1.165) is 24.5 Å². The van der Waals surface area contributed by atoms with Crippen LogP contribution >= 0.6 is 0 Å². The highest BCUT2D eigenvalue weighted by atomic mass is 19.2. The molecule has 0 aliphatic rings. The third-order valence-corrected chi connectivity index (χ3v) is 3.43. The molecule has 0 bridgehead atoms. The molecule has 0 fully saturated rings. The predicted molar refractivity (Wildman–Crippen MR) is 78.8 cm³/mol. The zero-order valence-electron chi connectivity index (χ0n) is 12.1. The van der Waals surface area contributed by atoms with Crippen LogP contribution in [0.15, 0.2) is 36.4 Å². The maximum atomic E-state index is 13.6. The number of rotatable bonds is 5. The van der Waals surface area contributed by atoms with Crippen LogP contribution in [0, 0.1) is 17.5 Å². The van der Waals surface area contributed by atoms with Crippen molar-refractivity contribution >= 4 is 5.69 Å². The Morgan fingerprint density at radius 2 is 1.62 bits per heavy atom. The average molecular weight is 293 g/mol. The van der Waals surface area contributed by atoms with Crippen LogP contribution in [0.2, 0.25) is 0 Å². The summed E-state index contributed by atoms with van der Waals surface area (Å²) in [6, 6.07) is 9.88. The maximum Gasteiger partial charge on any atom is 0.196 e. The van der Waals surface area contributed by atoms with E-state index >= 15 is 0 Å². The number of benzene rings is 2. The van der Waals surface area contributed by atoms with Gasteiger partial charge in [-0.15, -0.1) is 0 Å². The molecule has 2 aromatic carbocycles. The van der Waals surface area contributed by atoms with Gasteiger partial charge in [0.1, 0.15) is 0 Å². The Bertz CT molecular complexity index is 608. The number of hydrogen-bond acceptors (Lipinski definition) is 1. The first-order chi connectivity index (χ1) is 10.0. The van der Waals surface area contributed by atoms with Crippen LogP contribution in [-0.2, 0) is 6.42 Å². The highest BCUT2D eigenvalue weighted by Crippen LogP contribution is 2.24. The van der Waals surface area contributed by atoms with Crippen LogP contribution in [0.4, 0.5) is 18.9 Å². The summed E-state index contributed by atoms with van der Waals surface area (Å²) in [6.07, 6.45) is 2.09. The van der Waals surface area contributed by atoms with E-state index in [-0.39, 0.29) is 11.7 Å². The predicted octanol–water partition coefficient (Wildman–Crippen LogP) is 5.23. The van der Waals surface area contributed by atoms with Gasteiger partial charge in [0.05, 0.1) is 5.69 Å². The van der Waals surface area contributed by atoms with E-state index in [9.17, 15) is 13.2 Å². The number of nitrogens with one attached hydrogen (secondary N) is 1. The second-order valence-electron chi connectivity index (χ2n) is 5.08. The number of anilines is 1. The Morgan fingerprint density at radius 1 is 0.952 bits per heavy atom. The molecule has 112 valence electrons. The number of hydrogen-bond donors (Lipinski definition) is 1. The molecule has 21 heavy (non-hydrogen) atoms. The van der Waals surface area contributed by atoms with Crippen molar-refractivity contribution < 1.29 is 13.2 Å². The molecular formula is C17H18F3N. The van der Waals surface area contributed by atoms with Crippen LogP contribution in [0.5, 0.6) is 0 Å². The molecule has 0 spiro atoms. The minimum Gasteiger partial charge on any atom is -0.376 e. The zero-order chi connectivity index (χ0) is 15.4. The van der Waals surface area contributed by atoms with Crippen molar-refractivity contribution in [3.63, 3.8) is 0 Å². The minimum atomic E-state index is -1.45. The third-order valence-electron chi connectivity index (χ3n) is 3.43. The largest absolute Gasteiger partial charge is 0.376 e. The molecular weight excluding hydrogens is 275 g/mol. The standard InChI is InChI=1S/C17H18F3N/c1-3-4-12-5-7-13(8-6-12)11(2)21-15-10-9-14(18)16(19)17(15)20/h5-11,21H,3-4H2,1-2H3.